The summed E-state index contributed by atoms with van der Waals surface area (Å²) in [7, 11) is 0. The van der Waals surface area contributed by atoms with E-state index in [9.17, 15) is 4.39 Å². The van der Waals surface area contributed by atoms with Crippen LogP contribution in [0, 0.1) is 5.82 Å². The van der Waals surface area contributed by atoms with Crippen LogP contribution in [0.4, 0.5) is 10.3 Å². The summed E-state index contributed by atoms with van der Waals surface area (Å²) in [6.07, 6.45) is 2.27. The van der Waals surface area contributed by atoms with Crippen molar-refractivity contribution in [2.75, 3.05) is 11.9 Å². The Balaban J connectivity index is 1.65. The van der Waals surface area contributed by atoms with E-state index < -0.39 is 0 Å². The highest BCUT2D eigenvalue weighted by Crippen LogP contribution is 2.19. The summed E-state index contributed by atoms with van der Waals surface area (Å²) in [5.74, 6) is 0.207. The number of halogens is 2. The van der Waals surface area contributed by atoms with Crippen LogP contribution in [-0.4, -0.2) is 21.7 Å². The van der Waals surface area contributed by atoms with Crippen LogP contribution >= 0.6 is 11.6 Å². The van der Waals surface area contributed by atoms with Crippen LogP contribution in [0.2, 0.25) is 5.02 Å². The van der Waals surface area contributed by atoms with Crippen molar-refractivity contribution < 1.29 is 4.39 Å². The lowest BCUT2D eigenvalue weighted by Gasteiger charge is -2.06. The lowest BCUT2D eigenvalue weighted by molar-refractivity contribution is 0.625. The van der Waals surface area contributed by atoms with Gasteiger partial charge in [-0.15, -0.1) is 5.10 Å². The van der Waals surface area contributed by atoms with Crippen LogP contribution in [-0.2, 0) is 6.42 Å². The Kier molecular flexibility index (Phi) is 4.78. The fourth-order valence-electron chi connectivity index (χ4n) is 2.15. The molecule has 0 saturated carbocycles. The van der Waals surface area contributed by atoms with Crippen molar-refractivity contribution in [3.05, 3.63) is 71.1 Å². The van der Waals surface area contributed by atoms with Gasteiger partial charge in [0.25, 0.3) is 0 Å². The highest BCUT2D eigenvalue weighted by atomic mass is 35.5. The molecule has 0 radical (unpaired) electrons. The molecule has 0 unspecified atom stereocenters. The van der Waals surface area contributed by atoms with Crippen LogP contribution in [0.15, 0.2) is 54.7 Å². The number of nitrogens with zero attached hydrogens (tertiary/aromatic N) is 3. The number of rotatable bonds is 5. The van der Waals surface area contributed by atoms with Crippen molar-refractivity contribution in [2.45, 2.75) is 6.42 Å². The third-order valence-corrected chi connectivity index (χ3v) is 3.54. The minimum absolute atomic E-state index is 0.231. The van der Waals surface area contributed by atoms with Gasteiger partial charge in [-0.3, -0.25) is 0 Å². The van der Waals surface area contributed by atoms with Gasteiger partial charge in [0.2, 0.25) is 5.95 Å². The summed E-state index contributed by atoms with van der Waals surface area (Å²) >= 11 is 5.88. The Morgan fingerprint density at radius 1 is 1.09 bits per heavy atom. The zero-order valence-corrected chi connectivity index (χ0v) is 13.0. The van der Waals surface area contributed by atoms with Crippen molar-refractivity contribution in [1.82, 2.24) is 15.2 Å². The molecule has 1 heterocycles. The van der Waals surface area contributed by atoms with E-state index >= 15 is 0 Å². The molecule has 0 saturated heterocycles. The van der Waals surface area contributed by atoms with Gasteiger partial charge in [0, 0.05) is 17.1 Å². The maximum Gasteiger partial charge on any atom is 0.243 e. The predicted octanol–water partition coefficient (Wildman–Crippen LogP) is 3.99. The first-order valence-corrected chi connectivity index (χ1v) is 7.52. The summed E-state index contributed by atoms with van der Waals surface area (Å²) in [6, 6.07) is 13.9. The minimum Gasteiger partial charge on any atom is -0.353 e. The van der Waals surface area contributed by atoms with Gasteiger partial charge in [-0.05, 0) is 36.2 Å². The molecule has 0 aliphatic rings. The Hall–Kier alpha value is -2.53. The summed E-state index contributed by atoms with van der Waals surface area (Å²) < 4.78 is 13.1. The van der Waals surface area contributed by atoms with Crippen LogP contribution in [0.25, 0.3) is 11.3 Å². The highest BCUT2D eigenvalue weighted by molar-refractivity contribution is 6.30. The van der Waals surface area contributed by atoms with Crippen LogP contribution in [0.3, 0.4) is 0 Å². The number of hydrogen-bond acceptors (Lipinski definition) is 4. The third kappa shape index (κ3) is 4.23. The topological polar surface area (TPSA) is 50.7 Å². The number of benzene rings is 2. The summed E-state index contributed by atoms with van der Waals surface area (Å²) in [4.78, 5) is 4.42. The average molecular weight is 329 g/mol. The maximum absolute atomic E-state index is 13.1. The molecule has 2 aromatic carbocycles. The molecule has 116 valence electrons. The molecule has 0 amide bonds. The van der Waals surface area contributed by atoms with Gasteiger partial charge in [-0.25, -0.2) is 9.37 Å². The summed E-state index contributed by atoms with van der Waals surface area (Å²) in [5, 5.41) is 11.7. The van der Waals surface area contributed by atoms with E-state index in [2.05, 4.69) is 20.5 Å². The lowest BCUT2D eigenvalue weighted by Crippen LogP contribution is -2.09. The van der Waals surface area contributed by atoms with E-state index in [1.807, 2.05) is 18.2 Å². The van der Waals surface area contributed by atoms with Gasteiger partial charge in [0.05, 0.1) is 11.9 Å². The molecule has 0 spiro atoms. The molecule has 0 aliphatic carbocycles. The van der Waals surface area contributed by atoms with Crippen molar-refractivity contribution >= 4 is 17.5 Å². The van der Waals surface area contributed by atoms with Crippen LogP contribution < -0.4 is 5.32 Å². The first-order chi connectivity index (χ1) is 11.2. The van der Waals surface area contributed by atoms with Gasteiger partial charge in [0.15, 0.2) is 0 Å². The highest BCUT2D eigenvalue weighted by Gasteiger charge is 2.03. The van der Waals surface area contributed by atoms with E-state index in [0.717, 1.165) is 11.1 Å². The minimum atomic E-state index is -0.231. The molecular weight excluding hydrogens is 315 g/mol. The van der Waals surface area contributed by atoms with Gasteiger partial charge in [0.1, 0.15) is 5.82 Å². The first-order valence-electron chi connectivity index (χ1n) is 7.15. The molecule has 3 rings (SSSR count). The normalized spacial score (nSPS) is 10.5. The largest absolute Gasteiger partial charge is 0.353 e. The van der Waals surface area contributed by atoms with E-state index in [1.165, 1.54) is 12.1 Å². The van der Waals surface area contributed by atoms with E-state index in [4.69, 9.17) is 11.6 Å². The molecule has 3 aromatic rings. The predicted molar refractivity (Wildman–Crippen MR) is 88.9 cm³/mol. The average Bonchev–Trinajstić information content (AvgIpc) is 2.56. The lowest BCUT2D eigenvalue weighted by atomic mass is 10.1. The van der Waals surface area contributed by atoms with E-state index in [0.29, 0.717) is 29.6 Å². The number of anilines is 1. The Morgan fingerprint density at radius 3 is 2.70 bits per heavy atom. The smallest absolute Gasteiger partial charge is 0.243 e. The van der Waals surface area contributed by atoms with Gasteiger partial charge in [-0.2, -0.15) is 5.10 Å². The Bertz CT molecular complexity index is 793. The second-order valence-corrected chi connectivity index (χ2v) is 5.42. The molecule has 0 fully saturated rings. The van der Waals surface area contributed by atoms with Gasteiger partial charge in [-0.1, -0.05) is 35.9 Å². The van der Waals surface area contributed by atoms with Gasteiger partial charge >= 0.3 is 0 Å². The molecular formula is C17H14ClFN4. The van der Waals surface area contributed by atoms with Gasteiger partial charge < -0.3 is 5.32 Å². The van der Waals surface area contributed by atoms with Crippen LogP contribution in [0.1, 0.15) is 5.56 Å². The first kappa shape index (κ1) is 15.4. The number of hydrogen-bond donors (Lipinski definition) is 1. The van der Waals surface area contributed by atoms with E-state index in [-0.39, 0.29) is 5.82 Å². The second-order valence-electron chi connectivity index (χ2n) is 4.98. The number of aromatic nitrogens is 3. The molecule has 1 N–H and O–H groups in total. The zero-order valence-electron chi connectivity index (χ0n) is 12.2. The third-order valence-electron chi connectivity index (χ3n) is 3.28. The summed E-state index contributed by atoms with van der Waals surface area (Å²) in [6.45, 7) is 0.592. The molecule has 0 aliphatic heterocycles. The van der Waals surface area contributed by atoms with Crippen LogP contribution in [0.5, 0.6) is 0 Å². The fraction of sp³-hybridized carbons (Fsp3) is 0.118. The summed E-state index contributed by atoms with van der Waals surface area (Å²) in [5.41, 5.74) is 2.54. The molecule has 0 atom stereocenters. The second kappa shape index (κ2) is 7.15. The SMILES string of the molecule is Fc1cccc(CCNc2nncc(-c3ccc(Cl)cc3)n2)c1. The Morgan fingerprint density at radius 2 is 1.91 bits per heavy atom. The van der Waals surface area contributed by atoms with Crippen molar-refractivity contribution in [1.29, 1.82) is 0 Å². The van der Waals surface area contributed by atoms with Crippen molar-refractivity contribution in [2.24, 2.45) is 0 Å². The zero-order chi connectivity index (χ0) is 16.1. The monoisotopic (exact) mass is 328 g/mol. The molecule has 23 heavy (non-hydrogen) atoms. The standard InChI is InChI=1S/C17H14ClFN4/c18-14-6-4-13(5-7-14)16-11-21-23-17(22-16)20-9-8-12-2-1-3-15(19)10-12/h1-7,10-11H,8-9H2,(H,20,22,23). The number of nitrogens with one attached hydrogen (secondary N) is 1. The van der Waals surface area contributed by atoms with Crippen molar-refractivity contribution in [3.63, 3.8) is 0 Å². The van der Waals surface area contributed by atoms with E-state index in [1.54, 1.807) is 24.4 Å². The Labute approximate surface area is 138 Å². The molecule has 4 nitrogen and oxygen atoms in total. The fourth-order valence-corrected chi connectivity index (χ4v) is 2.28. The maximum atomic E-state index is 13.1. The quantitative estimate of drug-likeness (QED) is 0.769. The molecule has 0 bridgehead atoms. The molecule has 1 aromatic heterocycles. The molecule has 6 heteroatoms. The van der Waals surface area contributed by atoms with Crippen molar-refractivity contribution in [3.8, 4) is 11.3 Å².